The van der Waals surface area contributed by atoms with Crippen LogP contribution in [0, 0.1) is 0 Å². The Morgan fingerprint density at radius 2 is 1.47 bits per heavy atom. The van der Waals surface area contributed by atoms with Crippen molar-refractivity contribution in [1.29, 1.82) is 0 Å². The van der Waals surface area contributed by atoms with Crippen molar-refractivity contribution in [2.45, 2.75) is 26.0 Å². The number of hydrogen-bond acceptors (Lipinski definition) is 7. The van der Waals surface area contributed by atoms with Crippen LogP contribution in [-0.2, 0) is 21.6 Å². The number of hydrogen-bond donors (Lipinski definition) is 1. The fraction of sp³-hybridized carbons (Fsp3) is 0.172. The molecule has 194 valence electrons. The van der Waals surface area contributed by atoms with Crippen LogP contribution in [0.1, 0.15) is 18.9 Å². The van der Waals surface area contributed by atoms with Crippen molar-refractivity contribution < 1.29 is 22.1 Å². The molecule has 0 saturated heterocycles. The Hall–Kier alpha value is -3.53. The summed E-state index contributed by atoms with van der Waals surface area (Å²) < 4.78 is 43.0. The summed E-state index contributed by atoms with van der Waals surface area (Å²) in [6.07, 6.45) is 0.320. The van der Waals surface area contributed by atoms with Gasteiger partial charge in [0.15, 0.2) is 29.2 Å². The van der Waals surface area contributed by atoms with E-state index in [-0.39, 0.29) is 0 Å². The van der Waals surface area contributed by atoms with E-state index < -0.39 is 17.2 Å². The molecule has 0 bridgehead atoms. The molecule has 0 spiro atoms. The van der Waals surface area contributed by atoms with Crippen molar-refractivity contribution >= 4 is 49.7 Å². The van der Waals surface area contributed by atoms with Crippen molar-refractivity contribution in [3.63, 3.8) is 0 Å². The molecule has 0 aromatic heterocycles. The maximum absolute atomic E-state index is 12.0. The minimum atomic E-state index is -3.13. The Morgan fingerprint density at radius 3 is 2.24 bits per heavy atom. The summed E-state index contributed by atoms with van der Waals surface area (Å²) >= 11 is 3.53. The summed E-state index contributed by atoms with van der Waals surface area (Å²) in [7, 11) is -3.13. The number of benzene rings is 4. The van der Waals surface area contributed by atoms with Gasteiger partial charge in [-0.3, -0.25) is 0 Å². The highest BCUT2D eigenvalue weighted by Crippen LogP contribution is 2.51. The Bertz CT molecular complexity index is 1580. The fourth-order valence-electron chi connectivity index (χ4n) is 5.11. The topological polar surface area (TPSA) is 68.3 Å². The summed E-state index contributed by atoms with van der Waals surface area (Å²) in [4.78, 5) is 4.11. The standard InChI is InChI=1S/C29H25BrN2O5S/c1-2-19-8-7-13-26-29(19)32(23-10-4-6-12-25(23)35-26)28(37-38(33)34)16-17-31-21-9-3-5-11-24(21)36-27-18-20(30)14-15-22(27)31/h3-15,18,28,38H,2,16-17H2,1H3. The second-order valence-electron chi connectivity index (χ2n) is 8.96. The normalized spacial score (nSPS) is 14.1. The van der Waals surface area contributed by atoms with Gasteiger partial charge in [-0.1, -0.05) is 59.3 Å². The molecule has 38 heavy (non-hydrogen) atoms. The van der Waals surface area contributed by atoms with E-state index in [2.05, 4.69) is 27.8 Å². The van der Waals surface area contributed by atoms with Crippen LogP contribution in [0.3, 0.4) is 0 Å². The Balaban J connectivity index is 1.42. The highest BCUT2D eigenvalue weighted by molar-refractivity contribution is 9.10. The Kier molecular flexibility index (Phi) is 6.73. The summed E-state index contributed by atoms with van der Waals surface area (Å²) in [5.41, 5.74) is 4.43. The third-order valence-corrected chi connectivity index (χ3v) is 7.64. The van der Waals surface area contributed by atoms with Gasteiger partial charge in [0.05, 0.1) is 22.7 Å². The number of anilines is 4. The van der Waals surface area contributed by atoms with Crippen LogP contribution < -0.4 is 19.3 Å². The van der Waals surface area contributed by atoms with E-state index in [0.717, 1.165) is 50.7 Å². The van der Waals surface area contributed by atoms with Crippen LogP contribution in [0.25, 0.3) is 0 Å². The lowest BCUT2D eigenvalue weighted by Gasteiger charge is -2.39. The van der Waals surface area contributed by atoms with Crippen LogP contribution in [0.15, 0.2) is 89.4 Å². The molecule has 0 radical (unpaired) electrons. The molecule has 9 heteroatoms. The molecular weight excluding hydrogens is 568 g/mol. The van der Waals surface area contributed by atoms with E-state index in [0.29, 0.717) is 24.5 Å². The average molecular weight is 593 g/mol. The Labute approximate surface area is 231 Å². The maximum atomic E-state index is 12.0. The number of halogens is 1. The van der Waals surface area contributed by atoms with Crippen molar-refractivity contribution in [2.24, 2.45) is 0 Å². The molecule has 2 aliphatic rings. The first kappa shape index (κ1) is 24.8. The maximum Gasteiger partial charge on any atom is 0.259 e. The molecular formula is C29H25BrN2O5S. The van der Waals surface area contributed by atoms with Crippen LogP contribution in [0.5, 0.6) is 23.0 Å². The molecule has 0 saturated carbocycles. The molecule has 0 aliphatic carbocycles. The quantitative estimate of drug-likeness (QED) is 0.223. The smallest absolute Gasteiger partial charge is 0.259 e. The van der Waals surface area contributed by atoms with E-state index in [1.54, 1.807) is 0 Å². The van der Waals surface area contributed by atoms with Crippen molar-refractivity contribution in [2.75, 3.05) is 16.3 Å². The number of aryl methyl sites for hydroxylation is 1. The predicted molar refractivity (Wildman–Crippen MR) is 152 cm³/mol. The number of nitrogens with zero attached hydrogens (tertiary/aromatic N) is 2. The molecule has 0 N–H and O–H groups in total. The summed E-state index contributed by atoms with van der Waals surface area (Å²) in [5, 5.41) is 0. The van der Waals surface area contributed by atoms with Gasteiger partial charge >= 0.3 is 0 Å². The minimum Gasteiger partial charge on any atom is -0.453 e. The molecule has 1 atom stereocenters. The van der Waals surface area contributed by atoms with Gasteiger partial charge in [-0.2, -0.15) is 0 Å². The third kappa shape index (κ3) is 4.51. The van der Waals surface area contributed by atoms with Crippen LogP contribution >= 0.6 is 15.9 Å². The zero-order valence-electron chi connectivity index (χ0n) is 20.5. The first-order valence-corrected chi connectivity index (χ1v) is 14.3. The lowest BCUT2D eigenvalue weighted by molar-refractivity contribution is 0.213. The highest BCUT2D eigenvalue weighted by atomic mass is 79.9. The van der Waals surface area contributed by atoms with Gasteiger partial charge in [-0.05, 0) is 60.5 Å². The summed E-state index contributed by atoms with van der Waals surface area (Å²) in [5.74, 6) is 2.78. The van der Waals surface area contributed by atoms with E-state index in [1.807, 2.05) is 89.8 Å². The van der Waals surface area contributed by atoms with Gasteiger partial charge in [-0.25, -0.2) is 12.6 Å². The monoisotopic (exact) mass is 592 g/mol. The SMILES string of the molecule is CCc1cccc2c1N(C(CCN1c3ccccc3Oc3cc(Br)ccc31)O[SH](=O)=O)c1ccccc1O2. The molecule has 4 aromatic carbocycles. The fourth-order valence-corrected chi connectivity index (χ4v) is 5.84. The molecule has 2 heterocycles. The Morgan fingerprint density at radius 1 is 0.816 bits per heavy atom. The lowest BCUT2D eigenvalue weighted by Crippen LogP contribution is -2.38. The van der Waals surface area contributed by atoms with Gasteiger partial charge in [0.1, 0.15) is 0 Å². The highest BCUT2D eigenvalue weighted by Gasteiger charge is 2.34. The predicted octanol–water partition coefficient (Wildman–Crippen LogP) is 7.46. The van der Waals surface area contributed by atoms with Crippen LogP contribution in [0.2, 0.25) is 0 Å². The second-order valence-corrected chi connectivity index (χ2v) is 10.5. The van der Waals surface area contributed by atoms with Gasteiger partial charge in [0.2, 0.25) is 0 Å². The van der Waals surface area contributed by atoms with Crippen molar-refractivity contribution in [3.05, 3.63) is 95.0 Å². The summed E-state index contributed by atoms with van der Waals surface area (Å²) in [6.45, 7) is 2.55. The molecule has 0 amide bonds. The third-order valence-electron chi connectivity index (χ3n) is 6.73. The summed E-state index contributed by atoms with van der Waals surface area (Å²) in [6, 6.07) is 27.2. The minimum absolute atomic E-state index is 0.374. The van der Waals surface area contributed by atoms with E-state index in [9.17, 15) is 8.42 Å². The first-order valence-electron chi connectivity index (χ1n) is 12.4. The molecule has 4 aromatic rings. The molecule has 0 fully saturated rings. The zero-order chi connectivity index (χ0) is 26.2. The average Bonchev–Trinajstić information content (AvgIpc) is 2.92. The molecule has 6 rings (SSSR count). The van der Waals surface area contributed by atoms with Gasteiger partial charge in [-0.15, -0.1) is 0 Å². The first-order chi connectivity index (χ1) is 18.5. The zero-order valence-corrected chi connectivity index (χ0v) is 23.0. The van der Waals surface area contributed by atoms with Gasteiger partial charge in [0.25, 0.3) is 11.0 Å². The largest absolute Gasteiger partial charge is 0.453 e. The number of rotatable bonds is 7. The van der Waals surface area contributed by atoms with Crippen LogP contribution in [-0.4, -0.2) is 21.2 Å². The number of ether oxygens (including phenoxy) is 2. The molecule has 1 unspecified atom stereocenters. The van der Waals surface area contributed by atoms with E-state index in [1.165, 1.54) is 0 Å². The van der Waals surface area contributed by atoms with Crippen molar-refractivity contribution in [1.82, 2.24) is 0 Å². The van der Waals surface area contributed by atoms with Gasteiger partial charge < -0.3 is 19.3 Å². The second kappa shape index (κ2) is 10.3. The lowest BCUT2D eigenvalue weighted by atomic mass is 10.0. The van der Waals surface area contributed by atoms with Crippen LogP contribution in [0.4, 0.5) is 22.7 Å². The molecule has 7 nitrogen and oxygen atoms in total. The van der Waals surface area contributed by atoms with Crippen molar-refractivity contribution in [3.8, 4) is 23.0 Å². The molecule has 2 aliphatic heterocycles. The number of fused-ring (bicyclic) bond motifs is 4. The number of para-hydroxylation sites is 5. The number of thiol groups is 1. The van der Waals surface area contributed by atoms with Gasteiger partial charge in [0, 0.05) is 17.4 Å². The van der Waals surface area contributed by atoms with E-state index >= 15 is 0 Å². The van der Waals surface area contributed by atoms with E-state index in [4.69, 9.17) is 13.7 Å².